The highest BCUT2D eigenvalue weighted by Gasteiger charge is 2.33. The molecule has 0 saturated heterocycles. The molecule has 6 heteroatoms. The predicted molar refractivity (Wildman–Crippen MR) is 101 cm³/mol. The molecule has 0 aliphatic heterocycles. The van der Waals surface area contributed by atoms with Crippen molar-refractivity contribution in [2.24, 2.45) is 10.9 Å². The molecule has 2 aliphatic rings. The molecule has 2 fully saturated rings. The minimum atomic E-state index is 0.833. The summed E-state index contributed by atoms with van der Waals surface area (Å²) in [6.07, 6.45) is 6.76. The zero-order valence-electron chi connectivity index (χ0n) is 15.9. The van der Waals surface area contributed by atoms with Crippen LogP contribution < -0.4 is 10.6 Å². The summed E-state index contributed by atoms with van der Waals surface area (Å²) in [5.74, 6) is 1.90. The lowest BCUT2D eigenvalue weighted by molar-refractivity contribution is 0.180. The van der Waals surface area contributed by atoms with Crippen LogP contribution in [0.2, 0.25) is 0 Å². The first-order valence-corrected chi connectivity index (χ1v) is 9.59. The van der Waals surface area contributed by atoms with Crippen molar-refractivity contribution in [2.75, 3.05) is 67.1 Å². The van der Waals surface area contributed by atoms with Gasteiger partial charge in [0.15, 0.2) is 5.96 Å². The lowest BCUT2D eigenvalue weighted by Crippen LogP contribution is -2.44. The molecule has 0 aromatic heterocycles. The molecule has 0 heterocycles. The Bertz CT molecular complexity index is 368. The van der Waals surface area contributed by atoms with Crippen molar-refractivity contribution in [3.8, 4) is 0 Å². The highest BCUT2D eigenvalue weighted by Crippen LogP contribution is 2.34. The van der Waals surface area contributed by atoms with Crippen molar-refractivity contribution >= 4 is 5.96 Å². The zero-order chi connectivity index (χ0) is 17.2. The quantitative estimate of drug-likeness (QED) is 0.298. The fourth-order valence-corrected chi connectivity index (χ4v) is 2.99. The average Bonchev–Trinajstić information content (AvgIpc) is 3.46. The minimum absolute atomic E-state index is 0.833. The van der Waals surface area contributed by atoms with Crippen molar-refractivity contribution in [3.63, 3.8) is 0 Å². The van der Waals surface area contributed by atoms with Gasteiger partial charge in [-0.05, 0) is 45.1 Å². The molecule has 0 aromatic carbocycles. The number of nitrogens with one attached hydrogen (secondary N) is 2. The van der Waals surface area contributed by atoms with E-state index in [4.69, 9.17) is 4.74 Å². The molecule has 2 aliphatic carbocycles. The van der Waals surface area contributed by atoms with Crippen LogP contribution in [0.25, 0.3) is 0 Å². The smallest absolute Gasteiger partial charge is 0.191 e. The van der Waals surface area contributed by atoms with Crippen LogP contribution >= 0.6 is 0 Å². The number of aliphatic imine (C=N–C) groups is 1. The van der Waals surface area contributed by atoms with Gasteiger partial charge >= 0.3 is 0 Å². The third-order valence-corrected chi connectivity index (χ3v) is 4.84. The molecule has 0 amide bonds. The van der Waals surface area contributed by atoms with E-state index in [1.54, 1.807) is 7.11 Å². The van der Waals surface area contributed by atoms with Crippen molar-refractivity contribution in [1.29, 1.82) is 0 Å². The Balaban J connectivity index is 1.53. The third kappa shape index (κ3) is 8.31. The van der Waals surface area contributed by atoms with Crippen molar-refractivity contribution in [2.45, 2.75) is 38.1 Å². The van der Waals surface area contributed by atoms with Gasteiger partial charge in [0.05, 0.1) is 0 Å². The summed E-state index contributed by atoms with van der Waals surface area (Å²) in [5.41, 5.74) is 0. The van der Waals surface area contributed by atoms with Crippen molar-refractivity contribution in [3.05, 3.63) is 0 Å². The first kappa shape index (κ1) is 19.5. The molecule has 2 rings (SSSR count). The Morgan fingerprint density at radius 1 is 1.08 bits per heavy atom. The number of methoxy groups -OCH3 is 1. The maximum atomic E-state index is 5.09. The molecule has 0 atom stereocenters. The first-order valence-electron chi connectivity index (χ1n) is 9.59. The number of likely N-dealkylation sites (N-methyl/N-ethyl adjacent to an activating group) is 1. The van der Waals surface area contributed by atoms with Gasteiger partial charge in [-0.25, -0.2) is 0 Å². The summed E-state index contributed by atoms with van der Waals surface area (Å²) in [5, 5.41) is 6.87. The molecular formula is C18H37N5O. The van der Waals surface area contributed by atoms with Crippen molar-refractivity contribution in [1.82, 2.24) is 20.4 Å². The number of hydrogen-bond donors (Lipinski definition) is 2. The summed E-state index contributed by atoms with van der Waals surface area (Å²) in [4.78, 5) is 9.33. The molecule has 140 valence electrons. The lowest BCUT2D eigenvalue weighted by Gasteiger charge is -2.23. The maximum absolute atomic E-state index is 5.09. The van der Waals surface area contributed by atoms with E-state index in [0.29, 0.717) is 0 Å². The number of guanidine groups is 1. The summed E-state index contributed by atoms with van der Waals surface area (Å²) >= 11 is 0. The van der Waals surface area contributed by atoms with E-state index in [2.05, 4.69) is 32.5 Å². The van der Waals surface area contributed by atoms with E-state index in [9.17, 15) is 0 Å². The van der Waals surface area contributed by atoms with Gasteiger partial charge in [0.1, 0.15) is 0 Å². The summed E-state index contributed by atoms with van der Waals surface area (Å²) < 4.78 is 5.09. The fraction of sp³-hybridized carbons (Fsp3) is 0.944. The second-order valence-electron chi connectivity index (χ2n) is 7.24. The number of nitrogens with zero attached hydrogens (tertiary/aromatic N) is 3. The van der Waals surface area contributed by atoms with Gasteiger partial charge in [-0.15, -0.1) is 0 Å². The van der Waals surface area contributed by atoms with E-state index in [1.807, 2.05) is 7.05 Å². The van der Waals surface area contributed by atoms with Crippen LogP contribution in [0.5, 0.6) is 0 Å². The second kappa shape index (κ2) is 10.9. The van der Waals surface area contributed by atoms with Crippen LogP contribution in [0.15, 0.2) is 4.99 Å². The van der Waals surface area contributed by atoms with E-state index < -0.39 is 0 Å². The maximum Gasteiger partial charge on any atom is 0.191 e. The van der Waals surface area contributed by atoms with Gasteiger partial charge in [0.2, 0.25) is 0 Å². The Labute approximate surface area is 148 Å². The van der Waals surface area contributed by atoms with Crippen molar-refractivity contribution < 1.29 is 4.74 Å². The number of hydrogen-bond acceptors (Lipinski definition) is 4. The van der Waals surface area contributed by atoms with Gasteiger partial charge in [-0.3, -0.25) is 9.89 Å². The monoisotopic (exact) mass is 339 g/mol. The topological polar surface area (TPSA) is 52.1 Å². The van der Waals surface area contributed by atoms with Crippen LogP contribution in [0.3, 0.4) is 0 Å². The zero-order valence-corrected chi connectivity index (χ0v) is 15.9. The summed E-state index contributed by atoms with van der Waals surface area (Å²) in [6, 6.07) is 0.864. The van der Waals surface area contributed by atoms with Gasteiger partial charge < -0.3 is 20.3 Å². The Kier molecular flexibility index (Phi) is 8.84. The van der Waals surface area contributed by atoms with E-state index in [0.717, 1.165) is 63.7 Å². The minimum Gasteiger partial charge on any atom is -0.385 e. The summed E-state index contributed by atoms with van der Waals surface area (Å²) in [7, 11) is 5.76. The van der Waals surface area contributed by atoms with E-state index in [-0.39, 0.29) is 0 Å². The number of rotatable bonds is 13. The summed E-state index contributed by atoms with van der Waals surface area (Å²) in [6.45, 7) is 7.26. The molecule has 0 aromatic rings. The molecule has 6 nitrogen and oxygen atoms in total. The fourth-order valence-electron chi connectivity index (χ4n) is 2.99. The highest BCUT2D eigenvalue weighted by molar-refractivity contribution is 5.79. The normalized spacial score (nSPS) is 18.5. The molecule has 0 radical (unpaired) electrons. The standard InChI is InChI=1S/C18H37N5O/c1-19-18(20-9-12-22(2)11-4-14-24-3)21-10-13-23(17-7-8-17)15-16-5-6-16/h16-17H,4-15H2,1-3H3,(H2,19,20,21). The SMILES string of the molecule is CN=C(NCCN(C)CCCOC)NCCN(CC1CC1)C1CC1. The van der Waals surface area contributed by atoms with Crippen LogP contribution in [0.4, 0.5) is 0 Å². The molecule has 0 bridgehead atoms. The highest BCUT2D eigenvalue weighted by atomic mass is 16.5. The predicted octanol–water partition coefficient (Wildman–Crippen LogP) is 0.994. The van der Waals surface area contributed by atoms with Crippen LogP contribution in [0.1, 0.15) is 32.1 Å². The Morgan fingerprint density at radius 3 is 2.38 bits per heavy atom. The largest absolute Gasteiger partial charge is 0.385 e. The van der Waals surface area contributed by atoms with Gasteiger partial charge in [-0.1, -0.05) is 0 Å². The third-order valence-electron chi connectivity index (χ3n) is 4.84. The molecule has 2 N–H and O–H groups in total. The number of ether oxygens (including phenoxy) is 1. The molecule has 2 saturated carbocycles. The van der Waals surface area contributed by atoms with E-state index >= 15 is 0 Å². The Hall–Kier alpha value is -0.850. The lowest BCUT2D eigenvalue weighted by atomic mass is 10.3. The van der Waals surface area contributed by atoms with Gasteiger partial charge in [0.25, 0.3) is 0 Å². The molecular weight excluding hydrogens is 302 g/mol. The Morgan fingerprint density at radius 2 is 1.79 bits per heavy atom. The second-order valence-corrected chi connectivity index (χ2v) is 7.24. The van der Waals surface area contributed by atoms with Gasteiger partial charge in [-0.2, -0.15) is 0 Å². The van der Waals surface area contributed by atoms with Crippen LogP contribution in [0, 0.1) is 5.92 Å². The molecule has 24 heavy (non-hydrogen) atoms. The average molecular weight is 340 g/mol. The van der Waals surface area contributed by atoms with E-state index in [1.165, 1.54) is 32.2 Å². The van der Waals surface area contributed by atoms with Gasteiger partial charge in [0, 0.05) is 66.1 Å². The molecule has 0 unspecified atom stereocenters. The van der Waals surface area contributed by atoms with Crippen LogP contribution in [-0.2, 0) is 4.74 Å². The van der Waals surface area contributed by atoms with Crippen LogP contribution in [-0.4, -0.2) is 88.9 Å². The first-order chi connectivity index (χ1) is 11.7. The molecule has 0 spiro atoms.